The molecule has 1 amide bonds. The molecule has 0 saturated heterocycles. The summed E-state index contributed by atoms with van der Waals surface area (Å²) < 4.78 is 1.71. The standard InChI is InChI=1S/C22H28N8O/c1-24-18-6-3-4-7-19(18)29(2)20-9-8-17(21(23)31)22(28-20)27-15-12-16(14-25-13-15)30-11-5-10-26-30/h5,8-14,18-19,24H,3-4,6-7H2,1-2H3,(H2,23,31)(H,27,28)/t18?,19-/m1/s1. The average molecular weight is 421 g/mol. The van der Waals surface area contributed by atoms with Crippen molar-refractivity contribution in [2.75, 3.05) is 24.3 Å². The van der Waals surface area contributed by atoms with E-state index < -0.39 is 5.91 Å². The van der Waals surface area contributed by atoms with Gasteiger partial charge in [0.25, 0.3) is 5.91 Å². The summed E-state index contributed by atoms with van der Waals surface area (Å²) in [6.45, 7) is 0. The Balaban J connectivity index is 1.64. The van der Waals surface area contributed by atoms with E-state index in [9.17, 15) is 4.79 Å². The molecular formula is C22H28N8O. The van der Waals surface area contributed by atoms with E-state index in [1.54, 1.807) is 29.3 Å². The van der Waals surface area contributed by atoms with E-state index in [-0.39, 0.29) is 0 Å². The summed E-state index contributed by atoms with van der Waals surface area (Å²) in [4.78, 5) is 23.3. The van der Waals surface area contributed by atoms with E-state index in [2.05, 4.69) is 32.7 Å². The molecule has 0 spiro atoms. The predicted octanol–water partition coefficient (Wildman–Crippen LogP) is 2.47. The van der Waals surface area contributed by atoms with Gasteiger partial charge in [0.2, 0.25) is 0 Å². The summed E-state index contributed by atoms with van der Waals surface area (Å²) in [5, 5.41) is 10.9. The highest BCUT2D eigenvalue weighted by Crippen LogP contribution is 2.28. The Morgan fingerprint density at radius 1 is 1.26 bits per heavy atom. The zero-order chi connectivity index (χ0) is 21.8. The number of carbonyl (C=O) groups is 1. The molecule has 0 radical (unpaired) electrons. The highest BCUT2D eigenvalue weighted by atomic mass is 16.1. The van der Waals surface area contributed by atoms with Crippen LogP contribution in [0.4, 0.5) is 17.3 Å². The van der Waals surface area contributed by atoms with E-state index in [0.717, 1.165) is 24.3 Å². The quantitative estimate of drug-likeness (QED) is 0.538. The first kappa shape index (κ1) is 20.8. The lowest BCUT2D eigenvalue weighted by atomic mass is 9.89. The summed E-state index contributed by atoms with van der Waals surface area (Å²) in [5.41, 5.74) is 7.43. The molecule has 3 heterocycles. The number of hydrogen-bond acceptors (Lipinski definition) is 7. The Hall–Kier alpha value is -3.46. The van der Waals surface area contributed by atoms with Gasteiger partial charge in [0.1, 0.15) is 11.6 Å². The Kier molecular flexibility index (Phi) is 6.13. The molecule has 1 fully saturated rings. The van der Waals surface area contributed by atoms with Crippen molar-refractivity contribution in [3.63, 3.8) is 0 Å². The number of nitrogens with zero attached hydrogens (tertiary/aromatic N) is 5. The third kappa shape index (κ3) is 4.51. The monoisotopic (exact) mass is 420 g/mol. The zero-order valence-electron chi connectivity index (χ0n) is 17.8. The molecule has 0 aliphatic heterocycles. The molecule has 9 heteroatoms. The van der Waals surface area contributed by atoms with Crippen LogP contribution in [0.1, 0.15) is 36.0 Å². The minimum absolute atomic E-state index is 0.329. The van der Waals surface area contributed by atoms with Gasteiger partial charge in [-0.3, -0.25) is 9.78 Å². The van der Waals surface area contributed by atoms with E-state index >= 15 is 0 Å². The molecule has 1 aliphatic rings. The molecule has 31 heavy (non-hydrogen) atoms. The summed E-state index contributed by atoms with van der Waals surface area (Å²) in [5.74, 6) is 0.662. The van der Waals surface area contributed by atoms with E-state index in [1.165, 1.54) is 12.8 Å². The van der Waals surface area contributed by atoms with Crippen LogP contribution in [0.15, 0.2) is 49.1 Å². The topological polar surface area (TPSA) is 114 Å². The largest absolute Gasteiger partial charge is 0.365 e. The Labute approximate surface area is 181 Å². The van der Waals surface area contributed by atoms with Crippen LogP contribution in [0.25, 0.3) is 5.69 Å². The minimum atomic E-state index is -0.536. The number of hydrogen-bond donors (Lipinski definition) is 3. The van der Waals surface area contributed by atoms with Crippen LogP contribution in [0.3, 0.4) is 0 Å². The molecule has 162 valence electrons. The second-order valence-corrected chi connectivity index (χ2v) is 7.80. The lowest BCUT2D eigenvalue weighted by Gasteiger charge is -2.38. The molecule has 1 aliphatic carbocycles. The number of rotatable bonds is 7. The molecule has 1 unspecified atom stereocenters. The van der Waals surface area contributed by atoms with Gasteiger partial charge < -0.3 is 21.3 Å². The van der Waals surface area contributed by atoms with Crippen molar-refractivity contribution in [3.05, 3.63) is 54.6 Å². The first-order valence-corrected chi connectivity index (χ1v) is 10.5. The molecule has 4 rings (SSSR count). The lowest BCUT2D eigenvalue weighted by Crippen LogP contribution is -2.49. The molecule has 2 atom stereocenters. The van der Waals surface area contributed by atoms with Gasteiger partial charge >= 0.3 is 0 Å². The normalized spacial score (nSPS) is 18.5. The van der Waals surface area contributed by atoms with Gasteiger partial charge in [0.05, 0.1) is 29.3 Å². The number of nitrogens with two attached hydrogens (primary N) is 1. The number of primary amides is 1. The minimum Gasteiger partial charge on any atom is -0.365 e. The van der Waals surface area contributed by atoms with Crippen LogP contribution in [-0.4, -0.2) is 51.8 Å². The van der Waals surface area contributed by atoms with Gasteiger partial charge in [-0.15, -0.1) is 0 Å². The van der Waals surface area contributed by atoms with E-state index in [1.807, 2.05) is 31.4 Å². The van der Waals surface area contributed by atoms with Gasteiger partial charge in [0.15, 0.2) is 0 Å². The Bertz CT molecular complexity index is 1040. The molecule has 0 bridgehead atoms. The molecular weight excluding hydrogens is 392 g/mol. The summed E-state index contributed by atoms with van der Waals surface area (Å²) >= 11 is 0. The maximum atomic E-state index is 12.0. The van der Waals surface area contributed by atoms with E-state index in [0.29, 0.717) is 29.2 Å². The first-order valence-electron chi connectivity index (χ1n) is 10.5. The van der Waals surface area contributed by atoms with Crippen LogP contribution in [0.5, 0.6) is 0 Å². The molecule has 3 aromatic rings. The van der Waals surface area contributed by atoms with Crippen molar-refractivity contribution in [2.24, 2.45) is 5.73 Å². The second kappa shape index (κ2) is 9.13. The van der Waals surface area contributed by atoms with Crippen molar-refractivity contribution < 1.29 is 4.79 Å². The highest BCUT2D eigenvalue weighted by Gasteiger charge is 2.28. The molecule has 9 nitrogen and oxygen atoms in total. The number of carbonyl (C=O) groups excluding carboxylic acids is 1. The van der Waals surface area contributed by atoms with Crippen LogP contribution in [0.2, 0.25) is 0 Å². The van der Waals surface area contributed by atoms with Crippen LogP contribution in [-0.2, 0) is 0 Å². The molecule has 3 aromatic heterocycles. The zero-order valence-corrected chi connectivity index (χ0v) is 17.8. The van der Waals surface area contributed by atoms with Crippen molar-refractivity contribution >= 4 is 23.2 Å². The van der Waals surface area contributed by atoms with Gasteiger partial charge in [0, 0.05) is 31.5 Å². The maximum absolute atomic E-state index is 12.0. The first-order chi connectivity index (χ1) is 15.1. The predicted molar refractivity (Wildman–Crippen MR) is 121 cm³/mol. The average Bonchev–Trinajstić information content (AvgIpc) is 3.33. The molecule has 1 saturated carbocycles. The Morgan fingerprint density at radius 2 is 2.10 bits per heavy atom. The number of pyridine rings is 2. The number of aromatic nitrogens is 4. The summed E-state index contributed by atoms with van der Waals surface area (Å²) in [7, 11) is 4.06. The smallest absolute Gasteiger partial charge is 0.252 e. The molecule has 0 aromatic carbocycles. The fraction of sp³-hybridized carbons (Fsp3) is 0.364. The third-order valence-electron chi connectivity index (χ3n) is 5.86. The number of amides is 1. The van der Waals surface area contributed by atoms with Crippen molar-refractivity contribution in [1.29, 1.82) is 0 Å². The summed E-state index contributed by atoms with van der Waals surface area (Å²) in [6, 6.07) is 8.05. The number of likely N-dealkylation sites (N-methyl/N-ethyl adjacent to an activating group) is 2. The third-order valence-corrected chi connectivity index (χ3v) is 5.86. The van der Waals surface area contributed by atoms with Gasteiger partial charge in [-0.1, -0.05) is 12.8 Å². The van der Waals surface area contributed by atoms with Gasteiger partial charge in [-0.2, -0.15) is 5.10 Å². The van der Waals surface area contributed by atoms with E-state index in [4.69, 9.17) is 10.7 Å². The van der Waals surface area contributed by atoms with Crippen molar-refractivity contribution in [1.82, 2.24) is 25.1 Å². The summed E-state index contributed by atoms with van der Waals surface area (Å²) in [6.07, 6.45) is 11.6. The fourth-order valence-electron chi connectivity index (χ4n) is 4.20. The fourth-order valence-corrected chi connectivity index (χ4v) is 4.20. The van der Waals surface area contributed by atoms with Crippen molar-refractivity contribution in [3.8, 4) is 5.69 Å². The van der Waals surface area contributed by atoms with Gasteiger partial charge in [-0.25, -0.2) is 9.67 Å². The second-order valence-electron chi connectivity index (χ2n) is 7.80. The lowest BCUT2D eigenvalue weighted by molar-refractivity contribution is 0.100. The number of anilines is 3. The maximum Gasteiger partial charge on any atom is 0.252 e. The van der Waals surface area contributed by atoms with Crippen LogP contribution in [0, 0.1) is 0 Å². The Morgan fingerprint density at radius 3 is 2.84 bits per heavy atom. The van der Waals surface area contributed by atoms with Crippen molar-refractivity contribution in [2.45, 2.75) is 37.8 Å². The van der Waals surface area contributed by atoms with Crippen LogP contribution < -0.4 is 21.3 Å². The number of nitrogens with one attached hydrogen (secondary N) is 2. The van der Waals surface area contributed by atoms with Crippen LogP contribution >= 0.6 is 0 Å². The van der Waals surface area contributed by atoms with Gasteiger partial charge in [-0.05, 0) is 44.2 Å². The molecule has 4 N–H and O–H groups in total. The highest BCUT2D eigenvalue weighted by molar-refractivity contribution is 5.98. The SMILES string of the molecule is CNC1CCCC[C@H]1N(C)c1ccc(C(N)=O)c(Nc2cncc(-n3cccn3)c2)n1.